The van der Waals surface area contributed by atoms with Crippen LogP contribution >= 0.6 is 0 Å². The summed E-state index contributed by atoms with van der Waals surface area (Å²) < 4.78 is 28.7. The van der Waals surface area contributed by atoms with Crippen molar-refractivity contribution in [3.63, 3.8) is 0 Å². The van der Waals surface area contributed by atoms with E-state index in [1.54, 1.807) is 37.3 Å². The van der Waals surface area contributed by atoms with Gasteiger partial charge in [0.05, 0.1) is 22.6 Å². The molecule has 4 rings (SSSR count). The Bertz CT molecular complexity index is 1450. The van der Waals surface area contributed by atoms with Crippen LogP contribution in [0.15, 0.2) is 53.3 Å². The number of rotatable bonds is 5. The molecule has 0 spiro atoms. The maximum atomic E-state index is 13.7. The molecule has 0 fully saturated rings. The van der Waals surface area contributed by atoms with Crippen LogP contribution in [-0.2, 0) is 0 Å². The van der Waals surface area contributed by atoms with Crippen molar-refractivity contribution < 1.29 is 8.78 Å². The molecule has 9 nitrogen and oxygen atoms in total. The highest BCUT2D eigenvalue weighted by Gasteiger charge is 2.23. The summed E-state index contributed by atoms with van der Waals surface area (Å²) in [6.07, 6.45) is -2.82. The van der Waals surface area contributed by atoms with Gasteiger partial charge in [0.2, 0.25) is 5.95 Å². The lowest BCUT2D eigenvalue weighted by atomic mass is 10.1. The number of nitrogens with zero attached hydrogens (tertiary/aromatic N) is 5. The minimum absolute atomic E-state index is 0.0334. The Kier molecular flexibility index (Phi) is 5.58. The first-order valence-corrected chi connectivity index (χ1v) is 9.80. The number of nitrogens with two attached hydrogens (primary N) is 2. The SMILES string of the molecule is C[C@H](Nc1nc(N)nc(N)c1C#N)c1nc2c(C(F)F)cccc2c(=O)n1-c1ccccc1. The molecule has 0 bridgehead atoms. The number of fused-ring (bicyclic) bond motifs is 1. The monoisotopic (exact) mass is 448 g/mol. The van der Waals surface area contributed by atoms with Crippen molar-refractivity contribution in [1.82, 2.24) is 19.5 Å². The zero-order valence-corrected chi connectivity index (χ0v) is 17.3. The van der Waals surface area contributed by atoms with Crippen LogP contribution in [0.1, 0.15) is 36.3 Å². The molecule has 2 aromatic heterocycles. The predicted molar refractivity (Wildman–Crippen MR) is 120 cm³/mol. The third-order valence-corrected chi connectivity index (χ3v) is 5.01. The second kappa shape index (κ2) is 8.51. The van der Waals surface area contributed by atoms with Crippen LogP contribution in [0.3, 0.4) is 0 Å². The smallest absolute Gasteiger partial charge is 0.266 e. The number of nitriles is 1. The fourth-order valence-electron chi connectivity index (χ4n) is 3.52. The van der Waals surface area contributed by atoms with E-state index in [4.69, 9.17) is 11.5 Å². The van der Waals surface area contributed by atoms with Gasteiger partial charge in [-0.05, 0) is 25.1 Å². The fraction of sp³-hybridized carbons (Fsp3) is 0.136. The lowest BCUT2D eigenvalue weighted by Crippen LogP contribution is -2.28. The minimum atomic E-state index is -2.82. The van der Waals surface area contributed by atoms with Gasteiger partial charge in [0, 0.05) is 5.56 Å². The summed E-state index contributed by atoms with van der Waals surface area (Å²) in [5.74, 6) is -0.114. The van der Waals surface area contributed by atoms with Gasteiger partial charge in [0.15, 0.2) is 5.82 Å². The predicted octanol–water partition coefficient (Wildman–Crippen LogP) is 3.32. The van der Waals surface area contributed by atoms with Crippen molar-refractivity contribution in [2.45, 2.75) is 19.4 Å². The molecule has 5 N–H and O–H groups in total. The number of nitrogens with one attached hydrogen (secondary N) is 1. The molecule has 2 aromatic carbocycles. The van der Waals surface area contributed by atoms with Crippen LogP contribution in [0.4, 0.5) is 26.4 Å². The molecule has 0 unspecified atom stereocenters. The molecule has 2 heterocycles. The number of hydrogen-bond acceptors (Lipinski definition) is 8. The zero-order valence-electron chi connectivity index (χ0n) is 17.3. The summed E-state index contributed by atoms with van der Waals surface area (Å²) in [6.45, 7) is 1.65. The van der Waals surface area contributed by atoms with Gasteiger partial charge in [-0.2, -0.15) is 15.2 Å². The Labute approximate surface area is 186 Å². The fourth-order valence-corrected chi connectivity index (χ4v) is 3.52. The molecule has 0 aliphatic carbocycles. The molecule has 1 atom stereocenters. The molecule has 166 valence electrons. The van der Waals surface area contributed by atoms with Crippen molar-refractivity contribution in [2.75, 3.05) is 16.8 Å². The molecule has 0 saturated heterocycles. The first kappa shape index (κ1) is 21.6. The van der Waals surface area contributed by atoms with E-state index in [1.807, 2.05) is 6.07 Å². The molecule has 0 amide bonds. The van der Waals surface area contributed by atoms with E-state index in [-0.39, 0.29) is 45.4 Å². The average molecular weight is 448 g/mol. The minimum Gasteiger partial charge on any atom is -0.382 e. The number of hydrogen-bond donors (Lipinski definition) is 3. The molecule has 0 radical (unpaired) electrons. The van der Waals surface area contributed by atoms with Gasteiger partial charge in [-0.15, -0.1) is 0 Å². The summed E-state index contributed by atoms with van der Waals surface area (Å²) in [4.78, 5) is 25.7. The van der Waals surface area contributed by atoms with Crippen LogP contribution in [0.5, 0.6) is 0 Å². The van der Waals surface area contributed by atoms with Gasteiger partial charge in [-0.3, -0.25) is 9.36 Å². The number of anilines is 3. The van der Waals surface area contributed by atoms with Crippen LogP contribution in [0.25, 0.3) is 16.6 Å². The molecule has 4 aromatic rings. The number of nitrogen functional groups attached to an aromatic ring is 2. The Morgan fingerprint density at radius 2 is 1.79 bits per heavy atom. The van der Waals surface area contributed by atoms with Gasteiger partial charge in [-0.25, -0.2) is 13.8 Å². The lowest BCUT2D eigenvalue weighted by molar-refractivity contribution is 0.153. The largest absolute Gasteiger partial charge is 0.382 e. The van der Waals surface area contributed by atoms with E-state index in [0.29, 0.717) is 5.69 Å². The van der Waals surface area contributed by atoms with E-state index in [0.717, 1.165) is 0 Å². The molecular formula is C22H18F2N8O. The number of para-hydroxylation sites is 2. The van der Waals surface area contributed by atoms with Crippen LogP contribution in [0.2, 0.25) is 0 Å². The van der Waals surface area contributed by atoms with E-state index < -0.39 is 18.0 Å². The second-order valence-electron chi connectivity index (χ2n) is 7.16. The van der Waals surface area contributed by atoms with Crippen molar-refractivity contribution in [3.05, 3.63) is 75.8 Å². The standard InChI is InChI=1S/C22H18F2N8O/c1-11(28-19-15(10-25)18(26)30-22(27)31-19)20-29-16-13(17(23)24)8-5-9-14(16)21(33)32(20)12-6-3-2-4-7-12/h2-9,11,17H,1H3,(H5,26,27,28,30,31)/t11-/m0/s1. The summed E-state index contributed by atoms with van der Waals surface area (Å²) in [6, 6.07) is 13.9. The third-order valence-electron chi connectivity index (χ3n) is 5.01. The molecule has 0 aliphatic rings. The highest BCUT2D eigenvalue weighted by molar-refractivity contribution is 5.82. The first-order chi connectivity index (χ1) is 15.8. The Hall–Kier alpha value is -4.59. The highest BCUT2D eigenvalue weighted by Crippen LogP contribution is 2.28. The van der Waals surface area contributed by atoms with Crippen LogP contribution in [-0.4, -0.2) is 19.5 Å². The summed E-state index contributed by atoms with van der Waals surface area (Å²) >= 11 is 0. The van der Waals surface area contributed by atoms with E-state index >= 15 is 0 Å². The quantitative estimate of drug-likeness (QED) is 0.421. The van der Waals surface area contributed by atoms with E-state index in [1.165, 1.54) is 22.8 Å². The molecule has 0 saturated carbocycles. The summed E-state index contributed by atoms with van der Waals surface area (Å²) in [5.41, 5.74) is 10.9. The number of aromatic nitrogens is 4. The topological polar surface area (TPSA) is 149 Å². The average Bonchev–Trinajstić information content (AvgIpc) is 2.78. The summed E-state index contributed by atoms with van der Waals surface area (Å²) in [5, 5.41) is 12.5. The normalized spacial score (nSPS) is 12.0. The molecule has 33 heavy (non-hydrogen) atoms. The highest BCUT2D eigenvalue weighted by atomic mass is 19.3. The molecular weight excluding hydrogens is 430 g/mol. The molecule has 0 aliphatic heterocycles. The van der Waals surface area contributed by atoms with Crippen molar-refractivity contribution >= 4 is 28.5 Å². The van der Waals surface area contributed by atoms with Gasteiger partial charge in [-0.1, -0.05) is 30.3 Å². The second-order valence-corrected chi connectivity index (χ2v) is 7.16. The van der Waals surface area contributed by atoms with E-state index in [2.05, 4.69) is 20.3 Å². The Morgan fingerprint density at radius 1 is 1.06 bits per heavy atom. The maximum Gasteiger partial charge on any atom is 0.266 e. The van der Waals surface area contributed by atoms with Gasteiger partial charge < -0.3 is 16.8 Å². The van der Waals surface area contributed by atoms with Gasteiger partial charge >= 0.3 is 0 Å². The zero-order chi connectivity index (χ0) is 23.7. The van der Waals surface area contributed by atoms with Crippen molar-refractivity contribution in [1.29, 1.82) is 5.26 Å². The van der Waals surface area contributed by atoms with Gasteiger partial charge in [0.25, 0.3) is 12.0 Å². The number of alkyl halides is 2. The maximum absolute atomic E-state index is 13.7. The number of halogens is 2. The molecule has 11 heteroatoms. The Morgan fingerprint density at radius 3 is 2.45 bits per heavy atom. The number of benzene rings is 2. The third kappa shape index (κ3) is 3.89. The van der Waals surface area contributed by atoms with Crippen molar-refractivity contribution in [2.24, 2.45) is 0 Å². The Balaban J connectivity index is 1.97. The van der Waals surface area contributed by atoms with Gasteiger partial charge in [0.1, 0.15) is 23.3 Å². The first-order valence-electron chi connectivity index (χ1n) is 9.80. The van der Waals surface area contributed by atoms with Crippen LogP contribution in [0, 0.1) is 11.3 Å². The lowest BCUT2D eigenvalue weighted by Gasteiger charge is -2.21. The van der Waals surface area contributed by atoms with Crippen LogP contribution < -0.4 is 22.3 Å². The summed E-state index contributed by atoms with van der Waals surface area (Å²) in [7, 11) is 0. The van der Waals surface area contributed by atoms with Crippen molar-refractivity contribution in [3.8, 4) is 11.8 Å². The van der Waals surface area contributed by atoms with E-state index in [9.17, 15) is 18.8 Å².